The van der Waals surface area contributed by atoms with Crippen molar-refractivity contribution in [3.8, 4) is 0 Å². The van der Waals surface area contributed by atoms with E-state index in [0.717, 1.165) is 22.5 Å². The van der Waals surface area contributed by atoms with Gasteiger partial charge in [-0.25, -0.2) is 9.97 Å². The molecule has 3 rings (SSSR count). The summed E-state index contributed by atoms with van der Waals surface area (Å²) in [5, 5.41) is 14.4. The standard InChI is InChI=1S/C19H21N5O3/c1-10-5-6-14(7-11(10)2)24-15(17(26)27)9-16(25)22-19(24)23-18-20-12(3)8-13(4)21-18/h5-8,15H,9H2,1-4H3,(H,26,27)(H,20,21,22,23,25)/p-1/t15-/m1/s1. The Morgan fingerprint density at radius 3 is 2.41 bits per heavy atom. The summed E-state index contributed by atoms with van der Waals surface area (Å²) in [7, 11) is 0. The van der Waals surface area contributed by atoms with Crippen molar-refractivity contribution in [3.63, 3.8) is 0 Å². The Morgan fingerprint density at radius 1 is 1.15 bits per heavy atom. The average Bonchev–Trinajstić information content (AvgIpc) is 2.56. The third kappa shape index (κ3) is 3.94. The third-order valence-electron chi connectivity index (χ3n) is 4.39. The molecule has 1 aromatic carbocycles. The lowest BCUT2D eigenvalue weighted by Crippen LogP contribution is -2.61. The van der Waals surface area contributed by atoms with Gasteiger partial charge in [-0.2, -0.15) is 4.99 Å². The highest BCUT2D eigenvalue weighted by Gasteiger charge is 2.33. The third-order valence-corrected chi connectivity index (χ3v) is 4.39. The molecule has 0 radical (unpaired) electrons. The van der Waals surface area contributed by atoms with Gasteiger partial charge in [0.1, 0.15) is 0 Å². The highest BCUT2D eigenvalue weighted by molar-refractivity contribution is 6.13. The van der Waals surface area contributed by atoms with Gasteiger partial charge >= 0.3 is 0 Å². The van der Waals surface area contributed by atoms with Gasteiger partial charge in [0, 0.05) is 17.1 Å². The number of aliphatic imine (C=N–C) groups is 1. The molecule has 8 nitrogen and oxygen atoms in total. The molecule has 1 fully saturated rings. The normalized spacial score (nSPS) is 18.5. The van der Waals surface area contributed by atoms with E-state index >= 15 is 0 Å². The molecule has 1 amide bonds. The summed E-state index contributed by atoms with van der Waals surface area (Å²) in [4.78, 5) is 38.0. The molecule has 0 aliphatic carbocycles. The maximum Gasteiger partial charge on any atom is 0.253 e. The maximum atomic E-state index is 12.1. The van der Waals surface area contributed by atoms with E-state index in [2.05, 4.69) is 20.3 Å². The number of benzene rings is 1. The first kappa shape index (κ1) is 18.5. The molecule has 1 N–H and O–H groups in total. The molecule has 1 atom stereocenters. The molecule has 0 spiro atoms. The van der Waals surface area contributed by atoms with Crippen LogP contribution in [0.1, 0.15) is 28.9 Å². The van der Waals surface area contributed by atoms with Crippen LogP contribution in [0.25, 0.3) is 0 Å². The Bertz CT molecular complexity index is 934. The Balaban J connectivity index is 2.14. The number of nitrogens with one attached hydrogen (secondary N) is 1. The molecule has 1 saturated heterocycles. The zero-order valence-corrected chi connectivity index (χ0v) is 15.6. The van der Waals surface area contributed by atoms with Crippen LogP contribution in [0.15, 0.2) is 29.3 Å². The van der Waals surface area contributed by atoms with E-state index in [1.807, 2.05) is 39.8 Å². The van der Waals surface area contributed by atoms with Gasteiger partial charge in [0.05, 0.1) is 18.4 Å². The number of amides is 1. The van der Waals surface area contributed by atoms with Gasteiger partial charge in [-0.15, -0.1) is 0 Å². The van der Waals surface area contributed by atoms with Gasteiger partial charge in [-0.3, -0.25) is 10.1 Å². The minimum Gasteiger partial charge on any atom is -0.548 e. The van der Waals surface area contributed by atoms with Crippen LogP contribution < -0.4 is 15.3 Å². The minimum absolute atomic E-state index is 0.0636. The number of carbonyl (C=O) groups is 2. The number of anilines is 1. The SMILES string of the molecule is Cc1cc(C)nc(/N=C2\NC(=O)C[C@H](C(=O)[O-])N2c2ccc(C)c(C)c2)n1. The average molecular weight is 366 g/mol. The molecule has 27 heavy (non-hydrogen) atoms. The van der Waals surface area contributed by atoms with E-state index in [0.29, 0.717) is 5.69 Å². The molecule has 140 valence electrons. The highest BCUT2D eigenvalue weighted by atomic mass is 16.4. The maximum absolute atomic E-state index is 12.1. The summed E-state index contributed by atoms with van der Waals surface area (Å²) in [5.41, 5.74) is 4.09. The second-order valence-electron chi connectivity index (χ2n) is 6.61. The number of aromatic nitrogens is 2. The van der Waals surface area contributed by atoms with E-state index in [-0.39, 0.29) is 18.3 Å². The van der Waals surface area contributed by atoms with Gasteiger partial charge in [0.2, 0.25) is 11.9 Å². The topological polar surface area (TPSA) is 111 Å². The van der Waals surface area contributed by atoms with Crippen LogP contribution in [0.3, 0.4) is 0 Å². The summed E-state index contributed by atoms with van der Waals surface area (Å²) in [5.74, 6) is -1.59. The van der Waals surface area contributed by atoms with E-state index in [1.165, 1.54) is 4.90 Å². The largest absolute Gasteiger partial charge is 0.548 e. The van der Waals surface area contributed by atoms with Crippen LogP contribution in [0.4, 0.5) is 11.6 Å². The van der Waals surface area contributed by atoms with Crippen molar-refractivity contribution in [2.45, 2.75) is 40.2 Å². The molecule has 0 bridgehead atoms. The fraction of sp³-hybridized carbons (Fsp3) is 0.316. The lowest BCUT2D eigenvalue weighted by Gasteiger charge is -2.38. The Kier molecular flexibility index (Phi) is 4.89. The minimum atomic E-state index is -1.35. The van der Waals surface area contributed by atoms with Crippen molar-refractivity contribution >= 4 is 29.5 Å². The van der Waals surface area contributed by atoms with Gasteiger partial charge < -0.3 is 14.8 Å². The van der Waals surface area contributed by atoms with Gasteiger partial charge in [0.25, 0.3) is 5.95 Å². The van der Waals surface area contributed by atoms with Crippen LogP contribution in [-0.4, -0.2) is 33.8 Å². The van der Waals surface area contributed by atoms with Crippen molar-refractivity contribution in [3.05, 3.63) is 46.8 Å². The summed E-state index contributed by atoms with van der Waals surface area (Å²) in [6.45, 7) is 7.51. The Morgan fingerprint density at radius 2 is 1.81 bits per heavy atom. The molecule has 1 aromatic heterocycles. The number of hydrogen-bond acceptors (Lipinski definition) is 6. The number of aliphatic carboxylic acids is 1. The first-order valence-corrected chi connectivity index (χ1v) is 8.53. The monoisotopic (exact) mass is 366 g/mol. The predicted octanol–water partition coefficient (Wildman–Crippen LogP) is 0.843. The van der Waals surface area contributed by atoms with Crippen molar-refractivity contribution in [2.24, 2.45) is 4.99 Å². The number of guanidine groups is 1. The van der Waals surface area contributed by atoms with E-state index in [9.17, 15) is 14.7 Å². The fourth-order valence-electron chi connectivity index (χ4n) is 2.95. The zero-order valence-electron chi connectivity index (χ0n) is 15.6. The number of rotatable bonds is 3. The van der Waals surface area contributed by atoms with Crippen LogP contribution in [0.2, 0.25) is 0 Å². The smallest absolute Gasteiger partial charge is 0.253 e. The van der Waals surface area contributed by atoms with E-state index in [1.54, 1.807) is 12.1 Å². The van der Waals surface area contributed by atoms with Crippen LogP contribution in [0, 0.1) is 27.7 Å². The molecule has 2 aromatic rings. The number of hydrogen-bond donors (Lipinski definition) is 1. The Labute approximate surface area is 157 Å². The summed E-state index contributed by atoms with van der Waals surface area (Å²) >= 11 is 0. The molecule has 1 aliphatic heterocycles. The van der Waals surface area contributed by atoms with Crippen molar-refractivity contribution in [2.75, 3.05) is 4.90 Å². The molecular formula is C19H20N5O3-. The van der Waals surface area contributed by atoms with Crippen LogP contribution in [0.5, 0.6) is 0 Å². The van der Waals surface area contributed by atoms with Gasteiger partial charge in [-0.1, -0.05) is 6.07 Å². The van der Waals surface area contributed by atoms with E-state index < -0.39 is 17.9 Å². The number of carboxylic acid groups (broad SMARTS) is 1. The number of carboxylic acids is 1. The van der Waals surface area contributed by atoms with Gasteiger partial charge in [0.15, 0.2) is 0 Å². The van der Waals surface area contributed by atoms with Crippen molar-refractivity contribution < 1.29 is 14.7 Å². The van der Waals surface area contributed by atoms with E-state index in [4.69, 9.17) is 0 Å². The fourth-order valence-corrected chi connectivity index (χ4v) is 2.95. The lowest BCUT2D eigenvalue weighted by molar-refractivity contribution is -0.307. The second-order valence-corrected chi connectivity index (χ2v) is 6.61. The second kappa shape index (κ2) is 7.14. The van der Waals surface area contributed by atoms with Crippen molar-refractivity contribution in [1.82, 2.24) is 15.3 Å². The summed E-state index contributed by atoms with van der Waals surface area (Å²) in [6, 6.07) is 6.14. The number of aryl methyl sites for hydroxylation is 4. The summed E-state index contributed by atoms with van der Waals surface area (Å²) < 4.78 is 0. The Hall–Kier alpha value is -3.29. The zero-order chi connectivity index (χ0) is 19.7. The van der Waals surface area contributed by atoms with Gasteiger partial charge in [-0.05, 0) is 57.0 Å². The first-order chi connectivity index (χ1) is 12.7. The van der Waals surface area contributed by atoms with Crippen molar-refractivity contribution in [1.29, 1.82) is 0 Å². The molecule has 0 saturated carbocycles. The quantitative estimate of drug-likeness (QED) is 0.862. The predicted molar refractivity (Wildman–Crippen MR) is 98.6 cm³/mol. The highest BCUT2D eigenvalue weighted by Crippen LogP contribution is 2.25. The molecule has 2 heterocycles. The molecule has 8 heteroatoms. The van der Waals surface area contributed by atoms with Crippen LogP contribution in [-0.2, 0) is 9.59 Å². The number of carbonyl (C=O) groups excluding carboxylic acids is 2. The molecule has 1 aliphatic rings. The molecular weight excluding hydrogens is 346 g/mol. The first-order valence-electron chi connectivity index (χ1n) is 8.53. The number of nitrogens with zero attached hydrogens (tertiary/aromatic N) is 4. The lowest BCUT2D eigenvalue weighted by atomic mass is 10.1. The molecule has 0 unspecified atom stereocenters. The summed E-state index contributed by atoms with van der Waals surface area (Å²) in [6.07, 6.45) is -0.234. The van der Waals surface area contributed by atoms with Crippen LogP contribution >= 0.6 is 0 Å².